The quantitative estimate of drug-likeness (QED) is 0.702. The van der Waals surface area contributed by atoms with E-state index >= 15 is 0 Å². The van der Waals surface area contributed by atoms with Crippen LogP contribution in [0.25, 0.3) is 0 Å². The molecule has 0 bridgehead atoms. The maximum Gasteiger partial charge on any atom is 0.237 e. The molecule has 2 rings (SSSR count). The Morgan fingerprint density at radius 1 is 1.39 bits per heavy atom. The molecule has 0 aromatic heterocycles. The van der Waals surface area contributed by atoms with Crippen molar-refractivity contribution in [2.75, 3.05) is 13.2 Å². The van der Waals surface area contributed by atoms with Crippen LogP contribution in [0.1, 0.15) is 45.4 Å². The first-order valence-corrected chi connectivity index (χ1v) is 7.39. The minimum Gasteiger partial charge on any atom is -0.396 e. The Morgan fingerprint density at radius 2 is 2.22 bits per heavy atom. The number of hydrogen-bond acceptors (Lipinski definition) is 3. The lowest BCUT2D eigenvalue weighted by Crippen LogP contribution is -2.52. The molecule has 0 radical (unpaired) electrons. The third-order valence-corrected chi connectivity index (χ3v) is 4.63. The van der Waals surface area contributed by atoms with Crippen molar-refractivity contribution in [2.24, 2.45) is 11.8 Å². The summed E-state index contributed by atoms with van der Waals surface area (Å²) in [4.78, 5) is 12.2. The normalized spacial score (nSPS) is 36.6. The lowest BCUT2D eigenvalue weighted by molar-refractivity contribution is -0.125. The Balaban J connectivity index is 1.83. The molecule has 4 heteroatoms. The van der Waals surface area contributed by atoms with Gasteiger partial charge in [0.05, 0.1) is 6.04 Å². The lowest BCUT2D eigenvalue weighted by Gasteiger charge is -2.30. The molecule has 4 unspecified atom stereocenters. The Morgan fingerprint density at radius 3 is 2.94 bits per heavy atom. The van der Waals surface area contributed by atoms with E-state index in [2.05, 4.69) is 17.6 Å². The van der Waals surface area contributed by atoms with E-state index in [0.29, 0.717) is 5.92 Å². The molecule has 2 aliphatic rings. The van der Waals surface area contributed by atoms with Gasteiger partial charge in [0.25, 0.3) is 0 Å². The van der Waals surface area contributed by atoms with Crippen molar-refractivity contribution in [3.8, 4) is 0 Å². The summed E-state index contributed by atoms with van der Waals surface area (Å²) in [6, 6.07) is 0.162. The zero-order valence-corrected chi connectivity index (χ0v) is 11.3. The zero-order chi connectivity index (χ0) is 13.0. The van der Waals surface area contributed by atoms with E-state index in [9.17, 15) is 9.90 Å². The highest BCUT2D eigenvalue weighted by molar-refractivity contribution is 5.82. The maximum absolute atomic E-state index is 12.2. The largest absolute Gasteiger partial charge is 0.396 e. The van der Waals surface area contributed by atoms with Crippen LogP contribution in [-0.2, 0) is 4.79 Å². The standard InChI is InChI=1S/C14H26N2O2/c1-2-10-6-7-15-13(8-10)14(18)16-12-5-3-4-11(12)9-17/h10-13,15,17H,2-9H2,1H3,(H,16,18). The zero-order valence-electron chi connectivity index (χ0n) is 11.3. The summed E-state index contributed by atoms with van der Waals surface area (Å²) in [6.07, 6.45) is 6.47. The van der Waals surface area contributed by atoms with Crippen LogP contribution in [0.5, 0.6) is 0 Å². The van der Waals surface area contributed by atoms with E-state index in [1.165, 1.54) is 6.42 Å². The van der Waals surface area contributed by atoms with Gasteiger partial charge in [-0.05, 0) is 38.1 Å². The number of amides is 1. The molecular weight excluding hydrogens is 228 g/mol. The molecule has 3 N–H and O–H groups in total. The molecule has 1 saturated heterocycles. The SMILES string of the molecule is CCC1CCNC(C(=O)NC2CCCC2CO)C1. The van der Waals surface area contributed by atoms with Crippen LogP contribution in [0.15, 0.2) is 0 Å². The topological polar surface area (TPSA) is 61.4 Å². The van der Waals surface area contributed by atoms with Crippen LogP contribution >= 0.6 is 0 Å². The minimum absolute atomic E-state index is 0.0244. The van der Waals surface area contributed by atoms with Crippen molar-refractivity contribution in [1.82, 2.24) is 10.6 Å². The van der Waals surface area contributed by atoms with Crippen LogP contribution in [0.2, 0.25) is 0 Å². The number of carbonyl (C=O) groups is 1. The summed E-state index contributed by atoms with van der Waals surface area (Å²) in [5.41, 5.74) is 0. The number of nitrogens with one attached hydrogen (secondary N) is 2. The van der Waals surface area contributed by atoms with E-state index in [1.807, 2.05) is 0 Å². The molecule has 0 aromatic carbocycles. The molecule has 1 amide bonds. The minimum atomic E-state index is -0.0244. The Kier molecular flexibility index (Phi) is 5.01. The van der Waals surface area contributed by atoms with Gasteiger partial charge in [-0.1, -0.05) is 19.8 Å². The molecule has 0 spiro atoms. The molecule has 4 atom stereocenters. The van der Waals surface area contributed by atoms with E-state index in [0.717, 1.165) is 38.6 Å². The molecule has 1 saturated carbocycles. The smallest absolute Gasteiger partial charge is 0.237 e. The van der Waals surface area contributed by atoms with Crippen LogP contribution in [0.3, 0.4) is 0 Å². The first-order valence-electron chi connectivity index (χ1n) is 7.39. The first-order chi connectivity index (χ1) is 8.74. The number of rotatable bonds is 4. The Bertz CT molecular complexity index is 283. The van der Waals surface area contributed by atoms with E-state index in [4.69, 9.17) is 0 Å². The van der Waals surface area contributed by atoms with Gasteiger partial charge in [-0.25, -0.2) is 0 Å². The van der Waals surface area contributed by atoms with Crippen LogP contribution in [0, 0.1) is 11.8 Å². The second-order valence-corrected chi connectivity index (χ2v) is 5.79. The molecule has 4 nitrogen and oxygen atoms in total. The van der Waals surface area contributed by atoms with Gasteiger partial charge in [0.2, 0.25) is 5.91 Å². The Labute approximate surface area is 110 Å². The van der Waals surface area contributed by atoms with E-state index in [1.54, 1.807) is 0 Å². The van der Waals surface area contributed by atoms with Gasteiger partial charge in [-0.2, -0.15) is 0 Å². The van der Waals surface area contributed by atoms with Gasteiger partial charge in [-0.15, -0.1) is 0 Å². The highest BCUT2D eigenvalue weighted by Crippen LogP contribution is 2.26. The van der Waals surface area contributed by atoms with Gasteiger partial charge in [0, 0.05) is 18.6 Å². The van der Waals surface area contributed by atoms with Crippen LogP contribution in [0.4, 0.5) is 0 Å². The van der Waals surface area contributed by atoms with Crippen molar-refractivity contribution in [1.29, 1.82) is 0 Å². The molecule has 104 valence electrons. The van der Waals surface area contributed by atoms with Crippen LogP contribution < -0.4 is 10.6 Å². The second kappa shape index (κ2) is 6.53. The average Bonchev–Trinajstić information content (AvgIpc) is 2.86. The fourth-order valence-electron chi connectivity index (χ4n) is 3.30. The third-order valence-electron chi connectivity index (χ3n) is 4.63. The fourth-order valence-corrected chi connectivity index (χ4v) is 3.30. The summed E-state index contributed by atoms with van der Waals surface area (Å²) in [5.74, 6) is 1.08. The summed E-state index contributed by atoms with van der Waals surface area (Å²) in [7, 11) is 0. The molecule has 1 aliphatic heterocycles. The predicted molar refractivity (Wildman–Crippen MR) is 71.2 cm³/mol. The Hall–Kier alpha value is -0.610. The summed E-state index contributed by atoms with van der Waals surface area (Å²) < 4.78 is 0. The maximum atomic E-state index is 12.2. The summed E-state index contributed by atoms with van der Waals surface area (Å²) >= 11 is 0. The number of piperidine rings is 1. The van der Waals surface area contributed by atoms with Crippen molar-refractivity contribution in [2.45, 2.75) is 57.5 Å². The summed E-state index contributed by atoms with van der Waals surface area (Å²) in [5, 5.41) is 15.7. The molecule has 18 heavy (non-hydrogen) atoms. The average molecular weight is 254 g/mol. The van der Waals surface area contributed by atoms with Gasteiger partial charge in [-0.3, -0.25) is 4.79 Å². The predicted octanol–water partition coefficient (Wildman–Crippen LogP) is 1.04. The van der Waals surface area contributed by atoms with E-state index < -0.39 is 0 Å². The van der Waals surface area contributed by atoms with Crippen molar-refractivity contribution in [3.63, 3.8) is 0 Å². The fraction of sp³-hybridized carbons (Fsp3) is 0.929. The third kappa shape index (κ3) is 3.23. The summed E-state index contributed by atoms with van der Waals surface area (Å²) in [6.45, 7) is 3.34. The van der Waals surface area contributed by atoms with Gasteiger partial charge >= 0.3 is 0 Å². The van der Waals surface area contributed by atoms with Gasteiger partial charge < -0.3 is 15.7 Å². The van der Waals surface area contributed by atoms with Crippen molar-refractivity contribution in [3.05, 3.63) is 0 Å². The van der Waals surface area contributed by atoms with Gasteiger partial charge in [0.15, 0.2) is 0 Å². The number of carbonyl (C=O) groups excluding carboxylic acids is 1. The number of hydrogen-bond donors (Lipinski definition) is 3. The molecular formula is C14H26N2O2. The van der Waals surface area contributed by atoms with Crippen molar-refractivity contribution >= 4 is 5.91 Å². The molecule has 1 heterocycles. The molecule has 1 aliphatic carbocycles. The lowest BCUT2D eigenvalue weighted by atomic mass is 9.90. The number of aliphatic hydroxyl groups excluding tert-OH is 1. The highest BCUT2D eigenvalue weighted by Gasteiger charge is 2.31. The molecule has 2 fully saturated rings. The second-order valence-electron chi connectivity index (χ2n) is 5.79. The van der Waals surface area contributed by atoms with E-state index in [-0.39, 0.29) is 30.5 Å². The first kappa shape index (κ1) is 13.8. The highest BCUT2D eigenvalue weighted by atomic mass is 16.3. The molecule has 0 aromatic rings. The monoisotopic (exact) mass is 254 g/mol. The van der Waals surface area contributed by atoms with Crippen molar-refractivity contribution < 1.29 is 9.90 Å². The van der Waals surface area contributed by atoms with Crippen LogP contribution in [-0.4, -0.2) is 36.2 Å². The number of aliphatic hydroxyl groups is 1. The van der Waals surface area contributed by atoms with Gasteiger partial charge in [0.1, 0.15) is 0 Å².